The Morgan fingerprint density at radius 1 is 0.433 bits per heavy atom. The van der Waals surface area contributed by atoms with Gasteiger partial charge in [0.05, 0.1) is 0 Å². The average molecular weight is 458 g/mol. The van der Waals surface area contributed by atoms with Crippen molar-refractivity contribution in [2.45, 2.75) is 0 Å². The molecule has 6 heteroatoms. The van der Waals surface area contributed by atoms with Gasteiger partial charge in [0, 0.05) is 15.1 Å². The van der Waals surface area contributed by atoms with Crippen LogP contribution in [-0.2, 0) is 0 Å². The summed E-state index contributed by atoms with van der Waals surface area (Å²) in [5, 5.41) is 1.69. The van der Waals surface area contributed by atoms with Gasteiger partial charge in [0.2, 0.25) is 5.75 Å². The van der Waals surface area contributed by atoms with E-state index in [4.69, 9.17) is 49.0 Å². The minimum Gasteiger partial charge on any atom is -0.453 e. The maximum atomic E-state index is 6.13. The Hall–Kier alpha value is -2.85. The highest BCUT2D eigenvalue weighted by molar-refractivity contribution is 6.31. The molecule has 4 rings (SSSR count). The molecule has 3 nitrogen and oxygen atoms in total. The van der Waals surface area contributed by atoms with Crippen molar-refractivity contribution < 1.29 is 14.2 Å². The molecule has 0 aliphatic heterocycles. The second-order valence-electron chi connectivity index (χ2n) is 6.26. The number of benzene rings is 4. The van der Waals surface area contributed by atoms with Gasteiger partial charge in [-0.2, -0.15) is 0 Å². The molecule has 0 fully saturated rings. The lowest BCUT2D eigenvalue weighted by molar-refractivity contribution is 0.386. The van der Waals surface area contributed by atoms with Crippen molar-refractivity contribution in [3.8, 4) is 34.5 Å². The molecule has 0 radical (unpaired) electrons. The lowest BCUT2D eigenvalue weighted by Gasteiger charge is -2.17. The van der Waals surface area contributed by atoms with E-state index in [0.717, 1.165) is 0 Å². The largest absolute Gasteiger partial charge is 0.453 e. The summed E-state index contributed by atoms with van der Waals surface area (Å²) < 4.78 is 18.2. The molecule has 0 aliphatic carbocycles. The molecule has 0 N–H and O–H groups in total. The average Bonchev–Trinajstić information content (AvgIpc) is 2.70. The van der Waals surface area contributed by atoms with Gasteiger partial charge < -0.3 is 14.2 Å². The number of halogens is 3. The minimum atomic E-state index is 0.389. The van der Waals surface area contributed by atoms with Crippen LogP contribution in [0.5, 0.6) is 34.5 Å². The van der Waals surface area contributed by atoms with Gasteiger partial charge in [-0.25, -0.2) is 0 Å². The van der Waals surface area contributed by atoms with E-state index in [9.17, 15) is 0 Å². The highest BCUT2D eigenvalue weighted by atomic mass is 35.5. The van der Waals surface area contributed by atoms with Crippen LogP contribution in [0.1, 0.15) is 0 Å². The van der Waals surface area contributed by atoms with E-state index in [2.05, 4.69) is 0 Å². The van der Waals surface area contributed by atoms with Gasteiger partial charge in [0.15, 0.2) is 11.5 Å². The van der Waals surface area contributed by atoms with Crippen molar-refractivity contribution in [1.29, 1.82) is 0 Å². The van der Waals surface area contributed by atoms with Gasteiger partial charge in [-0.3, -0.25) is 0 Å². The third kappa shape index (κ3) is 5.19. The molecule has 0 aromatic heterocycles. The summed E-state index contributed by atoms with van der Waals surface area (Å²) in [6, 6.07) is 26.7. The quantitative estimate of drug-likeness (QED) is 0.289. The Labute approximate surface area is 189 Å². The molecule has 0 bridgehead atoms. The summed E-state index contributed by atoms with van der Waals surface area (Å²) >= 11 is 18.3. The molecule has 0 saturated heterocycles. The molecule has 0 amide bonds. The van der Waals surface area contributed by atoms with Gasteiger partial charge in [0.1, 0.15) is 17.2 Å². The minimum absolute atomic E-state index is 0.389. The molecule has 0 unspecified atom stereocenters. The summed E-state index contributed by atoms with van der Waals surface area (Å²) in [7, 11) is 0. The molecule has 4 aromatic carbocycles. The van der Waals surface area contributed by atoms with Crippen LogP contribution >= 0.6 is 34.8 Å². The molecule has 0 aliphatic rings. The first-order chi connectivity index (χ1) is 14.6. The molecule has 4 aromatic rings. The van der Waals surface area contributed by atoms with Crippen LogP contribution in [0.3, 0.4) is 0 Å². The monoisotopic (exact) mass is 456 g/mol. The number of hydrogen-bond acceptors (Lipinski definition) is 3. The standard InChI is InChI=1S/C24H15Cl3O3/c25-16-5-1-8-19(13-16)28-22-11-4-12-23(29-20-9-2-6-17(26)14-20)24(22)30-21-10-3-7-18(27)15-21/h1-15H. The first-order valence-corrected chi connectivity index (χ1v) is 10.1. The Morgan fingerprint density at radius 2 is 0.800 bits per heavy atom. The third-order valence-corrected chi connectivity index (χ3v) is 4.71. The Kier molecular flexibility index (Phi) is 6.34. The lowest BCUT2D eigenvalue weighted by Crippen LogP contribution is -1.94. The van der Waals surface area contributed by atoms with Crippen LogP contribution in [0, 0.1) is 0 Å². The zero-order valence-corrected chi connectivity index (χ0v) is 17.8. The van der Waals surface area contributed by atoms with Crippen molar-refractivity contribution in [2.75, 3.05) is 0 Å². The van der Waals surface area contributed by atoms with Gasteiger partial charge in [0.25, 0.3) is 0 Å². The van der Waals surface area contributed by atoms with Crippen molar-refractivity contribution in [1.82, 2.24) is 0 Å². The van der Waals surface area contributed by atoms with Crippen LogP contribution < -0.4 is 14.2 Å². The van der Waals surface area contributed by atoms with E-state index < -0.39 is 0 Å². The van der Waals surface area contributed by atoms with Crippen molar-refractivity contribution in [3.63, 3.8) is 0 Å². The Balaban J connectivity index is 1.74. The molecule has 0 saturated carbocycles. The summed E-state index contributed by atoms with van der Waals surface area (Å²) in [6.45, 7) is 0. The molecule has 150 valence electrons. The maximum absolute atomic E-state index is 6.13. The molecule has 0 spiro atoms. The van der Waals surface area contributed by atoms with Crippen LogP contribution in [-0.4, -0.2) is 0 Å². The summed E-state index contributed by atoms with van der Waals surface area (Å²) in [5.41, 5.74) is 0. The topological polar surface area (TPSA) is 27.7 Å². The predicted molar refractivity (Wildman–Crippen MR) is 121 cm³/mol. The first kappa shape index (κ1) is 20.4. The fourth-order valence-corrected chi connectivity index (χ4v) is 3.26. The third-order valence-electron chi connectivity index (χ3n) is 4.01. The highest BCUT2D eigenvalue weighted by Gasteiger charge is 2.16. The molecular weight excluding hydrogens is 443 g/mol. The second kappa shape index (κ2) is 9.31. The van der Waals surface area contributed by atoms with Gasteiger partial charge >= 0.3 is 0 Å². The van der Waals surface area contributed by atoms with Crippen LogP contribution in [0.4, 0.5) is 0 Å². The van der Waals surface area contributed by atoms with Crippen molar-refractivity contribution >= 4 is 34.8 Å². The smallest absolute Gasteiger partial charge is 0.212 e. The molecular formula is C24H15Cl3O3. The van der Waals surface area contributed by atoms with Crippen LogP contribution in [0.15, 0.2) is 91.0 Å². The van der Waals surface area contributed by atoms with Crippen molar-refractivity contribution in [2.24, 2.45) is 0 Å². The fraction of sp³-hybridized carbons (Fsp3) is 0. The summed E-state index contributed by atoms with van der Waals surface area (Å²) in [6.07, 6.45) is 0. The second-order valence-corrected chi connectivity index (χ2v) is 7.57. The number of ether oxygens (including phenoxy) is 3. The normalized spacial score (nSPS) is 10.5. The summed E-state index contributed by atoms with van der Waals surface area (Å²) in [5.74, 6) is 2.98. The van der Waals surface area contributed by atoms with Crippen molar-refractivity contribution in [3.05, 3.63) is 106 Å². The van der Waals surface area contributed by atoms with E-state index in [1.54, 1.807) is 72.8 Å². The van der Waals surface area contributed by atoms with E-state index in [1.165, 1.54) is 0 Å². The van der Waals surface area contributed by atoms with Gasteiger partial charge in [-0.15, -0.1) is 0 Å². The van der Waals surface area contributed by atoms with Crippen LogP contribution in [0.25, 0.3) is 0 Å². The fourth-order valence-electron chi connectivity index (χ4n) is 2.72. The number of para-hydroxylation sites is 1. The number of hydrogen-bond donors (Lipinski definition) is 0. The maximum Gasteiger partial charge on any atom is 0.212 e. The van der Waals surface area contributed by atoms with E-state index in [0.29, 0.717) is 49.6 Å². The molecule has 0 heterocycles. The van der Waals surface area contributed by atoms with E-state index >= 15 is 0 Å². The molecule has 30 heavy (non-hydrogen) atoms. The number of rotatable bonds is 6. The van der Waals surface area contributed by atoms with Gasteiger partial charge in [-0.05, 0) is 66.7 Å². The first-order valence-electron chi connectivity index (χ1n) is 9.00. The zero-order valence-electron chi connectivity index (χ0n) is 15.5. The van der Waals surface area contributed by atoms with Crippen LogP contribution in [0.2, 0.25) is 15.1 Å². The SMILES string of the molecule is Clc1cccc(Oc2cccc(Oc3cccc(Cl)c3)c2Oc2cccc(Cl)c2)c1. The van der Waals surface area contributed by atoms with Gasteiger partial charge in [-0.1, -0.05) is 59.1 Å². The van der Waals surface area contributed by atoms with E-state index in [1.807, 2.05) is 18.2 Å². The highest BCUT2D eigenvalue weighted by Crippen LogP contribution is 2.44. The zero-order chi connectivity index (χ0) is 20.9. The lowest BCUT2D eigenvalue weighted by atomic mass is 10.2. The van der Waals surface area contributed by atoms with E-state index in [-0.39, 0.29) is 0 Å². The summed E-state index contributed by atoms with van der Waals surface area (Å²) in [4.78, 5) is 0. The predicted octanol–water partition coefficient (Wildman–Crippen LogP) is 9.02. The Bertz CT molecular complexity index is 1110. The molecule has 0 atom stereocenters. The Morgan fingerprint density at radius 3 is 1.20 bits per heavy atom.